The van der Waals surface area contributed by atoms with E-state index in [2.05, 4.69) is 287 Å². The number of para-hydroxylation sites is 6. The Hall–Kier alpha value is -9.18. The van der Waals surface area contributed by atoms with Crippen molar-refractivity contribution in [3.63, 3.8) is 0 Å². The molecule has 324 valence electrons. The fraction of sp³-hybridized carbons (Fsp3) is 0. The standard InChI is InChI=1S/C66H45N3/c1-5-17-54(18-6-1)67(55-19-7-2-8-20-55)58-37-33-47(34-38-58)46-29-31-48(32-30-46)51-41-52(49-36-40-65-62(44-49)60-26-14-16-28-64(60)68(65)56-21-9-3-10-22-56)43-53(42-51)50-35-39-61-59-25-13-15-27-63(59)69(66(61)45-50)57-23-11-4-12-24-57/h1-45H. The minimum absolute atomic E-state index is 1.11. The molecule has 0 radical (unpaired) electrons. The predicted octanol–water partition coefficient (Wildman–Crippen LogP) is 18.0. The number of nitrogens with zero attached hydrogens (tertiary/aromatic N) is 3. The summed E-state index contributed by atoms with van der Waals surface area (Å²) >= 11 is 0. The van der Waals surface area contributed by atoms with E-state index in [1.54, 1.807) is 0 Å². The Bertz CT molecular complexity index is 3930. The number of fused-ring (bicyclic) bond motifs is 6. The number of rotatable bonds is 9. The quantitative estimate of drug-likeness (QED) is 0.141. The number of hydrogen-bond acceptors (Lipinski definition) is 1. The number of aromatic nitrogens is 2. The average molecular weight is 880 g/mol. The van der Waals surface area contributed by atoms with E-state index in [1.807, 2.05) is 0 Å². The lowest BCUT2D eigenvalue weighted by Gasteiger charge is -2.25. The van der Waals surface area contributed by atoms with Crippen molar-refractivity contribution in [2.75, 3.05) is 4.90 Å². The minimum Gasteiger partial charge on any atom is -0.311 e. The van der Waals surface area contributed by atoms with E-state index in [9.17, 15) is 0 Å². The summed E-state index contributed by atoms with van der Waals surface area (Å²) in [7, 11) is 0. The molecule has 0 aliphatic carbocycles. The second-order valence-corrected chi connectivity index (χ2v) is 17.8. The third-order valence-corrected chi connectivity index (χ3v) is 13.7. The molecule has 3 nitrogen and oxygen atoms in total. The zero-order chi connectivity index (χ0) is 45.7. The molecule has 0 spiro atoms. The molecule has 2 aromatic heterocycles. The first kappa shape index (κ1) is 40.1. The highest BCUT2D eigenvalue weighted by atomic mass is 15.1. The van der Waals surface area contributed by atoms with Gasteiger partial charge < -0.3 is 14.0 Å². The van der Waals surface area contributed by atoms with Crippen LogP contribution < -0.4 is 4.90 Å². The molecule has 0 N–H and O–H groups in total. The molecule has 2 heterocycles. The SMILES string of the molecule is c1ccc(N(c2ccccc2)c2ccc(-c3ccc(-c4cc(-c5ccc6c(c5)c5ccccc5n6-c5ccccc5)cc(-c5ccc6c7ccccc7n(-c7ccccc7)c6c5)c4)cc3)cc2)cc1. The van der Waals surface area contributed by atoms with Crippen LogP contribution in [0.4, 0.5) is 17.1 Å². The number of benzene rings is 11. The van der Waals surface area contributed by atoms with Gasteiger partial charge in [0, 0.05) is 50.0 Å². The predicted molar refractivity (Wildman–Crippen MR) is 292 cm³/mol. The molecule has 0 aliphatic rings. The van der Waals surface area contributed by atoms with Crippen molar-refractivity contribution in [3.05, 3.63) is 273 Å². The van der Waals surface area contributed by atoms with Crippen LogP contribution in [-0.2, 0) is 0 Å². The van der Waals surface area contributed by atoms with Crippen LogP contribution in [-0.4, -0.2) is 9.13 Å². The van der Waals surface area contributed by atoms with Gasteiger partial charge in [0.25, 0.3) is 0 Å². The van der Waals surface area contributed by atoms with Crippen LogP contribution in [0.2, 0.25) is 0 Å². The average Bonchev–Trinajstić information content (AvgIpc) is 3.94. The molecule has 0 saturated heterocycles. The van der Waals surface area contributed by atoms with Crippen molar-refractivity contribution in [1.82, 2.24) is 9.13 Å². The van der Waals surface area contributed by atoms with Gasteiger partial charge in [-0.05, 0) is 154 Å². The van der Waals surface area contributed by atoms with Crippen LogP contribution in [0.3, 0.4) is 0 Å². The Labute approximate surface area is 401 Å². The summed E-state index contributed by atoms with van der Waals surface area (Å²) in [6.45, 7) is 0. The summed E-state index contributed by atoms with van der Waals surface area (Å²) < 4.78 is 4.79. The Kier molecular flexibility index (Phi) is 9.84. The lowest BCUT2D eigenvalue weighted by atomic mass is 9.92. The number of hydrogen-bond donors (Lipinski definition) is 0. The van der Waals surface area contributed by atoms with Crippen LogP contribution in [0.25, 0.3) is 99.5 Å². The van der Waals surface area contributed by atoms with Crippen molar-refractivity contribution in [2.24, 2.45) is 0 Å². The van der Waals surface area contributed by atoms with Gasteiger partial charge in [0.2, 0.25) is 0 Å². The zero-order valence-electron chi connectivity index (χ0n) is 37.8. The first-order chi connectivity index (χ1) is 34.2. The van der Waals surface area contributed by atoms with E-state index in [1.165, 1.54) is 88.1 Å². The van der Waals surface area contributed by atoms with E-state index >= 15 is 0 Å². The highest BCUT2D eigenvalue weighted by molar-refractivity contribution is 6.12. The van der Waals surface area contributed by atoms with E-state index in [-0.39, 0.29) is 0 Å². The highest BCUT2D eigenvalue weighted by Gasteiger charge is 2.18. The number of anilines is 3. The van der Waals surface area contributed by atoms with E-state index < -0.39 is 0 Å². The molecule has 13 rings (SSSR count). The lowest BCUT2D eigenvalue weighted by Crippen LogP contribution is -2.09. The molecular formula is C66H45N3. The van der Waals surface area contributed by atoms with Crippen LogP contribution in [0.15, 0.2) is 273 Å². The fourth-order valence-electron chi connectivity index (χ4n) is 10.4. The van der Waals surface area contributed by atoms with Gasteiger partial charge in [0.05, 0.1) is 22.1 Å². The second-order valence-electron chi connectivity index (χ2n) is 17.8. The third kappa shape index (κ3) is 7.16. The topological polar surface area (TPSA) is 13.1 Å². The van der Waals surface area contributed by atoms with E-state index in [0.717, 1.165) is 28.4 Å². The van der Waals surface area contributed by atoms with E-state index in [4.69, 9.17) is 0 Å². The molecule has 13 aromatic rings. The van der Waals surface area contributed by atoms with Crippen molar-refractivity contribution in [3.8, 4) is 55.9 Å². The summed E-state index contributed by atoms with van der Waals surface area (Å²) in [5, 5.41) is 4.97. The maximum absolute atomic E-state index is 2.40. The second kappa shape index (κ2) is 16.9. The first-order valence-electron chi connectivity index (χ1n) is 23.7. The maximum Gasteiger partial charge on any atom is 0.0547 e. The molecule has 0 aliphatic heterocycles. The van der Waals surface area contributed by atoms with Crippen molar-refractivity contribution in [2.45, 2.75) is 0 Å². The molecule has 0 amide bonds. The van der Waals surface area contributed by atoms with Gasteiger partial charge in [-0.15, -0.1) is 0 Å². The van der Waals surface area contributed by atoms with Crippen LogP contribution in [0.1, 0.15) is 0 Å². The normalized spacial score (nSPS) is 11.5. The molecule has 11 aromatic carbocycles. The molecule has 0 fully saturated rings. The molecule has 3 heteroatoms. The fourth-order valence-corrected chi connectivity index (χ4v) is 10.4. The van der Waals surface area contributed by atoms with Gasteiger partial charge in [-0.25, -0.2) is 0 Å². The van der Waals surface area contributed by atoms with Crippen LogP contribution in [0, 0.1) is 0 Å². The van der Waals surface area contributed by atoms with Crippen molar-refractivity contribution in [1.29, 1.82) is 0 Å². The smallest absolute Gasteiger partial charge is 0.0547 e. The Morgan fingerprint density at radius 3 is 1.10 bits per heavy atom. The molecule has 0 saturated carbocycles. The largest absolute Gasteiger partial charge is 0.311 e. The molecule has 0 unspecified atom stereocenters. The molecule has 0 atom stereocenters. The van der Waals surface area contributed by atoms with Gasteiger partial charge >= 0.3 is 0 Å². The van der Waals surface area contributed by atoms with Crippen LogP contribution in [0.5, 0.6) is 0 Å². The van der Waals surface area contributed by atoms with Crippen LogP contribution >= 0.6 is 0 Å². The summed E-state index contributed by atoms with van der Waals surface area (Å²) in [4.78, 5) is 2.30. The Morgan fingerprint density at radius 1 is 0.203 bits per heavy atom. The lowest BCUT2D eigenvalue weighted by molar-refractivity contribution is 1.18. The Morgan fingerprint density at radius 2 is 0.551 bits per heavy atom. The van der Waals surface area contributed by atoms with Crippen molar-refractivity contribution >= 4 is 60.7 Å². The third-order valence-electron chi connectivity index (χ3n) is 13.7. The molecular weight excluding hydrogens is 835 g/mol. The summed E-state index contributed by atoms with van der Waals surface area (Å²) in [6.07, 6.45) is 0. The monoisotopic (exact) mass is 879 g/mol. The molecule has 0 bridgehead atoms. The van der Waals surface area contributed by atoms with Gasteiger partial charge in [0.1, 0.15) is 0 Å². The van der Waals surface area contributed by atoms with Gasteiger partial charge in [-0.3, -0.25) is 0 Å². The summed E-state index contributed by atoms with van der Waals surface area (Å²) in [5.41, 5.74) is 19.8. The van der Waals surface area contributed by atoms with E-state index in [0.29, 0.717) is 0 Å². The van der Waals surface area contributed by atoms with Crippen molar-refractivity contribution < 1.29 is 0 Å². The Balaban J connectivity index is 0.933. The summed E-state index contributed by atoms with van der Waals surface area (Å²) in [5.74, 6) is 0. The zero-order valence-corrected chi connectivity index (χ0v) is 37.8. The minimum atomic E-state index is 1.11. The molecule has 69 heavy (non-hydrogen) atoms. The highest BCUT2D eigenvalue weighted by Crippen LogP contribution is 2.41. The summed E-state index contributed by atoms with van der Waals surface area (Å²) in [6, 6.07) is 99.1. The van der Waals surface area contributed by atoms with Gasteiger partial charge in [0.15, 0.2) is 0 Å². The van der Waals surface area contributed by atoms with Gasteiger partial charge in [-0.1, -0.05) is 164 Å². The first-order valence-corrected chi connectivity index (χ1v) is 23.7. The maximum atomic E-state index is 2.40. The van der Waals surface area contributed by atoms with Gasteiger partial charge in [-0.2, -0.15) is 0 Å².